The highest BCUT2D eigenvalue weighted by Gasteiger charge is 2.39. The Hall–Kier alpha value is -3.82. The molecule has 0 bridgehead atoms. The zero-order chi connectivity index (χ0) is 27.8. The molecule has 1 aliphatic heterocycles. The molecule has 0 radical (unpaired) electrons. The first-order valence-electron chi connectivity index (χ1n) is 11.1. The molecule has 3 aromatic carbocycles. The summed E-state index contributed by atoms with van der Waals surface area (Å²) < 4.78 is 45.4. The monoisotopic (exact) mass is 562 g/mol. The van der Waals surface area contributed by atoms with Crippen LogP contribution in [0.1, 0.15) is 27.8 Å². The summed E-state index contributed by atoms with van der Waals surface area (Å²) in [4.78, 5) is 38.4. The van der Waals surface area contributed by atoms with E-state index in [4.69, 9.17) is 27.9 Å². The van der Waals surface area contributed by atoms with Crippen LogP contribution in [-0.4, -0.2) is 17.8 Å². The summed E-state index contributed by atoms with van der Waals surface area (Å²) in [7, 11) is 0. The molecular formula is C27H19Cl2F3N2O4. The number of hydrogen-bond donors (Lipinski definition) is 1. The van der Waals surface area contributed by atoms with Crippen molar-refractivity contribution in [1.29, 1.82) is 0 Å². The summed E-state index contributed by atoms with van der Waals surface area (Å²) in [6.07, 6.45) is -3.58. The van der Waals surface area contributed by atoms with Crippen molar-refractivity contribution < 1.29 is 32.3 Å². The lowest BCUT2D eigenvalue weighted by molar-refractivity contribution is -0.137. The minimum absolute atomic E-state index is 0.195. The van der Waals surface area contributed by atoms with E-state index in [2.05, 4.69) is 0 Å². The molecule has 1 aliphatic rings. The molecule has 0 saturated carbocycles. The third kappa shape index (κ3) is 5.69. The molecule has 0 aliphatic carbocycles. The number of hydrogen-bond acceptors (Lipinski definition) is 4. The summed E-state index contributed by atoms with van der Waals surface area (Å²) in [6, 6.07) is 11.4. The average molecular weight is 563 g/mol. The first-order valence-corrected chi connectivity index (χ1v) is 11.9. The Balaban J connectivity index is 1.60. The van der Waals surface area contributed by atoms with Gasteiger partial charge in [0.15, 0.2) is 0 Å². The Labute approximate surface area is 225 Å². The van der Waals surface area contributed by atoms with Crippen molar-refractivity contribution in [3.63, 3.8) is 0 Å². The molecule has 1 N–H and O–H groups in total. The summed E-state index contributed by atoms with van der Waals surface area (Å²) in [5.41, 5.74) is 1.39. The zero-order valence-corrected chi connectivity index (χ0v) is 21.5. The lowest BCUT2D eigenvalue weighted by Gasteiger charge is -2.27. The standard InChI is InChI=1S/C27H19Cl2F3N2O4/c1-14-3-4-17(9-15(14)2)13-38-23-8-5-16(11-21(23)29)10-19-24(35)33-26(37)34(25(19)36)22-12-18(27(30,31)32)6-7-20(22)28/h3-12H,13H2,1-2H3,(H,33,35,37)/b19-10-. The van der Waals surface area contributed by atoms with Crippen molar-refractivity contribution >= 4 is 52.8 Å². The molecule has 1 fully saturated rings. The number of ether oxygens (including phenoxy) is 1. The third-order valence-corrected chi connectivity index (χ3v) is 6.46. The number of barbiturate groups is 1. The SMILES string of the molecule is Cc1ccc(COc2ccc(/C=C3/C(=O)NC(=O)N(c4cc(C(F)(F)F)ccc4Cl)C3=O)cc2Cl)cc1C. The average Bonchev–Trinajstić information content (AvgIpc) is 2.83. The predicted octanol–water partition coefficient (Wildman–Crippen LogP) is 6.87. The molecule has 1 saturated heterocycles. The van der Waals surface area contributed by atoms with Gasteiger partial charge in [-0.3, -0.25) is 14.9 Å². The first-order chi connectivity index (χ1) is 17.8. The van der Waals surface area contributed by atoms with Crippen molar-refractivity contribution in [2.75, 3.05) is 4.90 Å². The fraction of sp³-hybridized carbons (Fsp3) is 0.148. The molecular weight excluding hydrogens is 544 g/mol. The second-order valence-corrected chi connectivity index (χ2v) is 9.33. The van der Waals surface area contributed by atoms with Crippen LogP contribution >= 0.6 is 23.2 Å². The second-order valence-electron chi connectivity index (χ2n) is 8.52. The molecule has 4 amide bonds. The van der Waals surface area contributed by atoms with E-state index in [0.29, 0.717) is 28.3 Å². The van der Waals surface area contributed by atoms with E-state index in [0.717, 1.165) is 28.8 Å². The van der Waals surface area contributed by atoms with Crippen LogP contribution < -0.4 is 15.0 Å². The molecule has 0 spiro atoms. The zero-order valence-electron chi connectivity index (χ0n) is 20.0. The van der Waals surface area contributed by atoms with E-state index in [9.17, 15) is 27.6 Å². The van der Waals surface area contributed by atoms with Crippen LogP contribution in [0.3, 0.4) is 0 Å². The van der Waals surface area contributed by atoms with E-state index in [1.165, 1.54) is 12.1 Å². The van der Waals surface area contributed by atoms with Crippen LogP contribution in [0.2, 0.25) is 10.0 Å². The summed E-state index contributed by atoms with van der Waals surface area (Å²) in [6.45, 7) is 4.26. The number of urea groups is 1. The Morgan fingerprint density at radius 3 is 2.32 bits per heavy atom. The fourth-order valence-electron chi connectivity index (χ4n) is 3.68. The predicted molar refractivity (Wildman–Crippen MR) is 137 cm³/mol. The van der Waals surface area contributed by atoms with E-state index >= 15 is 0 Å². The number of nitrogens with one attached hydrogen (secondary N) is 1. The minimum Gasteiger partial charge on any atom is -0.487 e. The van der Waals surface area contributed by atoms with Gasteiger partial charge in [0.05, 0.1) is 21.3 Å². The highest BCUT2D eigenvalue weighted by atomic mass is 35.5. The summed E-state index contributed by atoms with van der Waals surface area (Å²) in [5, 5.41) is 1.86. The maximum atomic E-state index is 13.2. The van der Waals surface area contributed by atoms with Crippen molar-refractivity contribution in [3.8, 4) is 5.75 Å². The highest BCUT2D eigenvalue weighted by molar-refractivity contribution is 6.42. The van der Waals surface area contributed by atoms with Crippen LogP contribution in [0.5, 0.6) is 5.75 Å². The van der Waals surface area contributed by atoms with E-state index in [1.807, 2.05) is 37.4 Å². The quantitative estimate of drug-likeness (QED) is 0.272. The normalized spacial score (nSPS) is 15.2. The van der Waals surface area contributed by atoms with Gasteiger partial charge in [0.1, 0.15) is 17.9 Å². The van der Waals surface area contributed by atoms with Crippen molar-refractivity contribution in [1.82, 2.24) is 5.32 Å². The van der Waals surface area contributed by atoms with Gasteiger partial charge in [-0.25, -0.2) is 9.69 Å². The maximum Gasteiger partial charge on any atom is 0.416 e. The maximum absolute atomic E-state index is 13.2. The number of alkyl halides is 3. The van der Waals surface area contributed by atoms with Crippen LogP contribution in [0.25, 0.3) is 6.08 Å². The van der Waals surface area contributed by atoms with Crippen LogP contribution in [0, 0.1) is 13.8 Å². The number of carbonyl (C=O) groups is 3. The van der Waals surface area contributed by atoms with Gasteiger partial charge in [0.25, 0.3) is 11.8 Å². The molecule has 38 heavy (non-hydrogen) atoms. The van der Waals surface area contributed by atoms with E-state index in [1.54, 1.807) is 6.07 Å². The second kappa shape index (κ2) is 10.5. The molecule has 3 aromatic rings. The third-order valence-electron chi connectivity index (χ3n) is 5.85. The van der Waals surface area contributed by atoms with Gasteiger partial charge in [0, 0.05) is 0 Å². The van der Waals surface area contributed by atoms with Crippen molar-refractivity contribution in [2.45, 2.75) is 26.6 Å². The van der Waals surface area contributed by atoms with Crippen LogP contribution in [0.4, 0.5) is 23.7 Å². The summed E-state index contributed by atoms with van der Waals surface area (Å²) >= 11 is 12.3. The Kier molecular flexibility index (Phi) is 7.53. The van der Waals surface area contributed by atoms with Gasteiger partial charge in [-0.2, -0.15) is 13.2 Å². The number of aryl methyl sites for hydroxylation is 2. The number of carbonyl (C=O) groups excluding carboxylic acids is 3. The van der Waals surface area contributed by atoms with Gasteiger partial charge >= 0.3 is 12.2 Å². The van der Waals surface area contributed by atoms with Crippen LogP contribution in [0.15, 0.2) is 60.2 Å². The molecule has 11 heteroatoms. The molecule has 0 atom stereocenters. The number of nitrogens with zero attached hydrogens (tertiary/aromatic N) is 1. The Morgan fingerprint density at radius 1 is 0.921 bits per heavy atom. The van der Waals surface area contributed by atoms with Gasteiger partial charge < -0.3 is 4.74 Å². The number of benzene rings is 3. The Bertz CT molecular complexity index is 1500. The molecule has 196 valence electrons. The van der Waals surface area contributed by atoms with Gasteiger partial charge in [0.2, 0.25) is 0 Å². The van der Waals surface area contributed by atoms with Crippen LogP contribution in [-0.2, 0) is 22.4 Å². The van der Waals surface area contributed by atoms with Crippen molar-refractivity contribution in [2.24, 2.45) is 0 Å². The van der Waals surface area contributed by atoms with Crippen molar-refractivity contribution in [3.05, 3.63) is 98.0 Å². The van der Waals surface area contributed by atoms with E-state index < -0.39 is 40.8 Å². The number of rotatable bonds is 5. The molecule has 4 rings (SSSR count). The minimum atomic E-state index is -4.75. The molecule has 6 nitrogen and oxygen atoms in total. The van der Waals surface area contributed by atoms with Gasteiger partial charge in [-0.15, -0.1) is 0 Å². The largest absolute Gasteiger partial charge is 0.487 e. The topological polar surface area (TPSA) is 75.7 Å². The lowest BCUT2D eigenvalue weighted by Crippen LogP contribution is -2.54. The number of amides is 4. The smallest absolute Gasteiger partial charge is 0.416 e. The summed E-state index contributed by atoms with van der Waals surface area (Å²) in [5.74, 6) is -1.81. The van der Waals surface area contributed by atoms with Gasteiger partial charge in [-0.1, -0.05) is 47.5 Å². The fourth-order valence-corrected chi connectivity index (χ4v) is 4.13. The molecule has 1 heterocycles. The molecule has 0 unspecified atom stereocenters. The highest BCUT2D eigenvalue weighted by Crippen LogP contribution is 2.37. The number of halogens is 5. The first kappa shape index (κ1) is 27.2. The number of anilines is 1. The molecule has 0 aromatic heterocycles. The number of imide groups is 2. The Morgan fingerprint density at radius 2 is 1.66 bits per heavy atom. The lowest BCUT2D eigenvalue weighted by atomic mass is 10.1. The van der Waals surface area contributed by atoms with Gasteiger partial charge in [-0.05, 0) is 72.5 Å². The van der Waals surface area contributed by atoms with E-state index in [-0.39, 0.29) is 16.7 Å².